The average molecular weight is 395 g/mol. The summed E-state index contributed by atoms with van der Waals surface area (Å²) in [5.74, 6) is -0.406. The third kappa shape index (κ3) is 3.94. The molecule has 1 aliphatic rings. The number of hydrogen-bond acceptors (Lipinski definition) is 7. The maximum absolute atomic E-state index is 12.7. The molecule has 7 nitrogen and oxygen atoms in total. The summed E-state index contributed by atoms with van der Waals surface area (Å²) in [4.78, 5) is 27.1. The molecule has 0 atom stereocenters. The number of aromatic nitrogens is 2. The minimum Gasteiger partial charge on any atom is -0.383 e. The predicted molar refractivity (Wildman–Crippen MR) is 102 cm³/mol. The van der Waals surface area contributed by atoms with Gasteiger partial charge in [0.05, 0.1) is 17.9 Å². The summed E-state index contributed by atoms with van der Waals surface area (Å²) in [6.07, 6.45) is 4.65. The molecule has 0 fully saturated rings. The van der Waals surface area contributed by atoms with E-state index in [1.165, 1.54) is 16.2 Å². The lowest BCUT2D eigenvalue weighted by atomic mass is 9.95. The summed E-state index contributed by atoms with van der Waals surface area (Å²) >= 11 is 2.59. The van der Waals surface area contributed by atoms with Crippen LogP contribution in [0.5, 0.6) is 0 Å². The normalized spacial score (nSPS) is 13.3. The molecule has 1 aliphatic carbocycles. The number of amides is 2. The standard InChI is InChI=1S/C17H22N4O3S2/c1-3-11-14(26-21-20-11)16(23)19-17-13(15(22)18-8-9-24-2)10-6-4-5-7-12(10)25-17/h3-9H2,1-2H3,(H,18,22)(H,19,23). The molecule has 26 heavy (non-hydrogen) atoms. The monoisotopic (exact) mass is 394 g/mol. The van der Waals surface area contributed by atoms with E-state index < -0.39 is 0 Å². The van der Waals surface area contributed by atoms with Crippen molar-refractivity contribution < 1.29 is 14.3 Å². The number of hydrogen-bond donors (Lipinski definition) is 2. The third-order valence-electron chi connectivity index (χ3n) is 4.31. The lowest BCUT2D eigenvalue weighted by molar-refractivity contribution is 0.0937. The number of fused-ring (bicyclic) bond motifs is 1. The Morgan fingerprint density at radius 3 is 2.81 bits per heavy atom. The second kappa shape index (κ2) is 8.70. The van der Waals surface area contributed by atoms with Crippen LogP contribution in [-0.2, 0) is 24.0 Å². The van der Waals surface area contributed by atoms with E-state index in [0.29, 0.717) is 40.7 Å². The van der Waals surface area contributed by atoms with Crippen molar-refractivity contribution in [3.8, 4) is 0 Å². The van der Waals surface area contributed by atoms with Gasteiger partial charge in [0.15, 0.2) is 0 Å². The van der Waals surface area contributed by atoms with E-state index in [1.807, 2.05) is 6.92 Å². The van der Waals surface area contributed by atoms with Crippen molar-refractivity contribution in [3.63, 3.8) is 0 Å². The van der Waals surface area contributed by atoms with Crippen LogP contribution in [0.3, 0.4) is 0 Å². The smallest absolute Gasteiger partial charge is 0.269 e. The number of anilines is 1. The van der Waals surface area contributed by atoms with Crippen LogP contribution in [0.2, 0.25) is 0 Å². The SMILES string of the molecule is CCc1nnsc1C(=O)Nc1sc2c(c1C(=O)NCCOC)CCCC2. The molecule has 140 valence electrons. The van der Waals surface area contributed by atoms with E-state index in [9.17, 15) is 9.59 Å². The number of thiophene rings is 1. The minimum atomic E-state index is -0.249. The Kier molecular flexibility index (Phi) is 6.33. The summed E-state index contributed by atoms with van der Waals surface area (Å²) in [7, 11) is 1.60. The highest BCUT2D eigenvalue weighted by molar-refractivity contribution is 7.17. The molecule has 0 aliphatic heterocycles. The molecule has 2 aromatic heterocycles. The number of rotatable bonds is 7. The highest BCUT2D eigenvalue weighted by atomic mass is 32.1. The van der Waals surface area contributed by atoms with Gasteiger partial charge >= 0.3 is 0 Å². The van der Waals surface area contributed by atoms with Gasteiger partial charge in [-0.3, -0.25) is 9.59 Å². The van der Waals surface area contributed by atoms with Crippen LogP contribution in [0.15, 0.2) is 0 Å². The number of nitrogens with one attached hydrogen (secondary N) is 2. The summed E-state index contributed by atoms with van der Waals surface area (Å²) in [6, 6.07) is 0. The van der Waals surface area contributed by atoms with E-state index in [0.717, 1.165) is 42.8 Å². The Morgan fingerprint density at radius 2 is 2.04 bits per heavy atom. The van der Waals surface area contributed by atoms with Crippen molar-refractivity contribution in [2.45, 2.75) is 39.0 Å². The summed E-state index contributed by atoms with van der Waals surface area (Å²) in [6.45, 7) is 2.82. The Morgan fingerprint density at radius 1 is 1.23 bits per heavy atom. The Bertz CT molecular complexity index is 800. The van der Waals surface area contributed by atoms with Gasteiger partial charge in [-0.1, -0.05) is 11.4 Å². The van der Waals surface area contributed by atoms with Crippen LogP contribution < -0.4 is 10.6 Å². The fourth-order valence-electron chi connectivity index (χ4n) is 3.02. The van der Waals surface area contributed by atoms with E-state index >= 15 is 0 Å². The zero-order valence-corrected chi connectivity index (χ0v) is 16.5. The van der Waals surface area contributed by atoms with Gasteiger partial charge < -0.3 is 15.4 Å². The molecule has 0 saturated carbocycles. The number of carbonyl (C=O) groups is 2. The molecule has 3 rings (SSSR count). The number of methoxy groups -OCH3 is 1. The summed E-state index contributed by atoms with van der Waals surface area (Å²) in [5.41, 5.74) is 2.36. The molecule has 0 bridgehead atoms. The fourth-order valence-corrected chi connectivity index (χ4v) is 4.95. The highest BCUT2D eigenvalue weighted by Gasteiger charge is 2.27. The van der Waals surface area contributed by atoms with E-state index in [-0.39, 0.29) is 11.8 Å². The first-order chi connectivity index (χ1) is 12.7. The fraction of sp³-hybridized carbons (Fsp3) is 0.529. The molecule has 2 N–H and O–H groups in total. The van der Waals surface area contributed by atoms with Crippen molar-refractivity contribution in [2.75, 3.05) is 25.6 Å². The van der Waals surface area contributed by atoms with E-state index in [2.05, 4.69) is 20.2 Å². The average Bonchev–Trinajstić information content (AvgIpc) is 3.25. The number of carbonyl (C=O) groups excluding carboxylic acids is 2. The van der Waals surface area contributed by atoms with Crippen LogP contribution in [0, 0.1) is 0 Å². The van der Waals surface area contributed by atoms with E-state index in [1.54, 1.807) is 7.11 Å². The molecule has 0 spiro atoms. The molecule has 2 aromatic rings. The molecular weight excluding hydrogens is 372 g/mol. The molecule has 0 unspecified atom stereocenters. The van der Waals surface area contributed by atoms with Gasteiger partial charge in [-0.15, -0.1) is 16.4 Å². The Labute approximate surface area is 160 Å². The van der Waals surface area contributed by atoms with Crippen molar-refractivity contribution in [1.29, 1.82) is 0 Å². The van der Waals surface area contributed by atoms with Gasteiger partial charge in [0.25, 0.3) is 11.8 Å². The van der Waals surface area contributed by atoms with Crippen LogP contribution in [0.4, 0.5) is 5.00 Å². The number of ether oxygens (including phenoxy) is 1. The zero-order chi connectivity index (χ0) is 18.5. The number of aryl methyl sites for hydroxylation is 2. The zero-order valence-electron chi connectivity index (χ0n) is 14.9. The van der Waals surface area contributed by atoms with Crippen molar-refractivity contribution in [1.82, 2.24) is 14.9 Å². The van der Waals surface area contributed by atoms with Crippen LogP contribution >= 0.6 is 22.9 Å². The highest BCUT2D eigenvalue weighted by Crippen LogP contribution is 2.38. The van der Waals surface area contributed by atoms with E-state index in [4.69, 9.17) is 4.74 Å². The first-order valence-electron chi connectivity index (χ1n) is 8.70. The lowest BCUT2D eigenvalue weighted by Crippen LogP contribution is -2.28. The Balaban J connectivity index is 1.87. The van der Waals surface area contributed by atoms with Crippen molar-refractivity contribution in [3.05, 3.63) is 26.6 Å². The number of nitrogens with zero attached hydrogens (tertiary/aromatic N) is 2. The van der Waals surface area contributed by atoms with Gasteiger partial charge in [0.1, 0.15) is 9.88 Å². The molecule has 2 heterocycles. The maximum atomic E-state index is 12.7. The van der Waals surface area contributed by atoms with Crippen LogP contribution in [0.1, 0.15) is 55.9 Å². The first-order valence-corrected chi connectivity index (χ1v) is 10.3. The Hall–Kier alpha value is -1.84. The molecule has 9 heteroatoms. The minimum absolute atomic E-state index is 0.158. The second-order valence-corrected chi connectivity index (χ2v) is 7.88. The lowest BCUT2D eigenvalue weighted by Gasteiger charge is -2.13. The summed E-state index contributed by atoms with van der Waals surface area (Å²) < 4.78 is 8.87. The molecule has 0 aromatic carbocycles. The summed E-state index contributed by atoms with van der Waals surface area (Å²) in [5, 5.41) is 10.4. The molecular formula is C17H22N4O3S2. The molecule has 2 amide bonds. The maximum Gasteiger partial charge on any atom is 0.269 e. The quantitative estimate of drug-likeness (QED) is 0.704. The molecule has 0 saturated heterocycles. The van der Waals surface area contributed by atoms with Gasteiger partial charge in [-0.05, 0) is 49.2 Å². The van der Waals surface area contributed by atoms with Gasteiger partial charge in [0.2, 0.25) is 0 Å². The van der Waals surface area contributed by atoms with Gasteiger partial charge in [-0.25, -0.2) is 0 Å². The van der Waals surface area contributed by atoms with Crippen molar-refractivity contribution in [2.24, 2.45) is 0 Å². The van der Waals surface area contributed by atoms with Crippen LogP contribution in [-0.4, -0.2) is 41.7 Å². The van der Waals surface area contributed by atoms with Crippen molar-refractivity contribution >= 4 is 39.7 Å². The molecule has 0 radical (unpaired) electrons. The first kappa shape index (κ1) is 18.9. The third-order valence-corrected chi connectivity index (χ3v) is 6.29. The van der Waals surface area contributed by atoms with Gasteiger partial charge in [0, 0.05) is 18.5 Å². The topological polar surface area (TPSA) is 93.2 Å². The predicted octanol–water partition coefficient (Wildman–Crippen LogP) is 2.67. The van der Waals surface area contributed by atoms with Gasteiger partial charge in [-0.2, -0.15) is 0 Å². The second-order valence-electron chi connectivity index (χ2n) is 6.02. The largest absolute Gasteiger partial charge is 0.383 e. The van der Waals surface area contributed by atoms with Crippen LogP contribution in [0.25, 0.3) is 0 Å².